The minimum atomic E-state index is -0.694. The summed E-state index contributed by atoms with van der Waals surface area (Å²) in [6.45, 7) is 6.31. The predicted molar refractivity (Wildman–Crippen MR) is 141 cm³/mol. The van der Waals surface area contributed by atoms with Crippen LogP contribution in [0.1, 0.15) is 109 Å². The van der Waals surface area contributed by atoms with Gasteiger partial charge in [0.1, 0.15) is 17.7 Å². The number of rotatable bonds is 12. The van der Waals surface area contributed by atoms with Crippen LogP contribution in [0, 0.1) is 11.7 Å². The smallest absolute Gasteiger partial charge is 0.431 e. The molecule has 0 aromatic heterocycles. The molecule has 0 saturated heterocycles. The third kappa shape index (κ3) is 8.66. The lowest BCUT2D eigenvalue weighted by molar-refractivity contribution is 0.0613. The van der Waals surface area contributed by atoms with E-state index in [1.807, 2.05) is 13.0 Å². The average Bonchev–Trinajstić information content (AvgIpc) is 2.86. The van der Waals surface area contributed by atoms with Gasteiger partial charge in [-0.05, 0) is 86.6 Å². The third-order valence-corrected chi connectivity index (χ3v) is 7.41. The molecule has 192 valence electrons. The molecule has 2 aromatic carbocycles. The summed E-state index contributed by atoms with van der Waals surface area (Å²) in [6.07, 6.45) is 13.3. The lowest BCUT2D eigenvalue weighted by Gasteiger charge is -2.29. The molecular formula is C31H43FO3. The van der Waals surface area contributed by atoms with Crippen LogP contribution >= 0.6 is 0 Å². The Kier molecular flexibility index (Phi) is 11.1. The summed E-state index contributed by atoms with van der Waals surface area (Å²) in [7, 11) is 0. The van der Waals surface area contributed by atoms with Crippen LogP contribution in [-0.2, 0) is 4.74 Å². The van der Waals surface area contributed by atoms with E-state index in [9.17, 15) is 4.79 Å². The van der Waals surface area contributed by atoms with E-state index in [0.717, 1.165) is 49.1 Å². The van der Waals surface area contributed by atoms with E-state index in [1.54, 1.807) is 30.3 Å². The normalized spacial score (nSPS) is 18.7. The van der Waals surface area contributed by atoms with Gasteiger partial charge in [0.15, 0.2) is 0 Å². The van der Waals surface area contributed by atoms with Crippen molar-refractivity contribution in [1.29, 1.82) is 0 Å². The van der Waals surface area contributed by atoms with E-state index in [0.29, 0.717) is 17.2 Å². The zero-order chi connectivity index (χ0) is 25.0. The van der Waals surface area contributed by atoms with E-state index >= 15 is 4.39 Å². The van der Waals surface area contributed by atoms with E-state index in [-0.39, 0.29) is 11.9 Å². The van der Waals surface area contributed by atoms with Crippen molar-refractivity contribution in [2.75, 3.05) is 0 Å². The maximum absolute atomic E-state index is 15.0. The van der Waals surface area contributed by atoms with Gasteiger partial charge < -0.3 is 9.47 Å². The Balaban J connectivity index is 1.51. The number of hydrogen-bond acceptors (Lipinski definition) is 3. The van der Waals surface area contributed by atoms with Crippen molar-refractivity contribution in [3.8, 4) is 16.9 Å². The highest BCUT2D eigenvalue weighted by atomic mass is 19.1. The number of benzene rings is 2. The van der Waals surface area contributed by atoms with Gasteiger partial charge in [0.05, 0.1) is 0 Å². The number of unbranched alkanes of at least 4 members (excludes halogenated alkanes) is 4. The van der Waals surface area contributed by atoms with Gasteiger partial charge in [0.25, 0.3) is 0 Å². The molecule has 2 aromatic rings. The molecule has 1 aliphatic carbocycles. The molecule has 0 amide bonds. The van der Waals surface area contributed by atoms with Gasteiger partial charge in [-0.3, -0.25) is 0 Å². The number of hydrogen-bond donors (Lipinski definition) is 0. The summed E-state index contributed by atoms with van der Waals surface area (Å²) in [5.41, 5.74) is 2.45. The van der Waals surface area contributed by atoms with Crippen molar-refractivity contribution in [3.05, 3.63) is 53.8 Å². The first-order valence-electron chi connectivity index (χ1n) is 13.8. The first-order valence-corrected chi connectivity index (χ1v) is 13.8. The first kappa shape index (κ1) is 27.2. The van der Waals surface area contributed by atoms with Gasteiger partial charge in [0.2, 0.25) is 0 Å². The quantitative estimate of drug-likeness (QED) is 0.171. The second kappa shape index (κ2) is 14.3. The SMILES string of the molecule is CCCCCCC(C)OC(=O)Oc1ccc(-c2ccc(C3CCC(CCCC)CC3)cc2F)cc1. The number of carbonyl (C=O) groups excluding carboxylic acids is 1. The Morgan fingerprint density at radius 3 is 2.31 bits per heavy atom. The molecule has 1 fully saturated rings. The van der Waals surface area contributed by atoms with E-state index < -0.39 is 6.16 Å². The zero-order valence-electron chi connectivity index (χ0n) is 21.9. The number of halogens is 1. The molecule has 3 nitrogen and oxygen atoms in total. The Morgan fingerprint density at radius 2 is 1.66 bits per heavy atom. The van der Waals surface area contributed by atoms with Gasteiger partial charge in [-0.25, -0.2) is 9.18 Å². The van der Waals surface area contributed by atoms with Crippen LogP contribution in [0.2, 0.25) is 0 Å². The van der Waals surface area contributed by atoms with Crippen molar-refractivity contribution < 1.29 is 18.7 Å². The maximum Gasteiger partial charge on any atom is 0.514 e. The second-order valence-electron chi connectivity index (χ2n) is 10.3. The van der Waals surface area contributed by atoms with Crippen molar-refractivity contribution in [2.24, 2.45) is 5.92 Å². The highest BCUT2D eigenvalue weighted by Gasteiger charge is 2.23. The molecule has 0 N–H and O–H groups in total. The number of ether oxygens (including phenoxy) is 2. The largest absolute Gasteiger partial charge is 0.514 e. The molecular weight excluding hydrogens is 439 g/mol. The van der Waals surface area contributed by atoms with Crippen LogP contribution in [0.25, 0.3) is 11.1 Å². The van der Waals surface area contributed by atoms with Crippen molar-refractivity contribution >= 4 is 6.16 Å². The third-order valence-electron chi connectivity index (χ3n) is 7.41. The van der Waals surface area contributed by atoms with E-state index in [2.05, 4.69) is 19.9 Å². The summed E-state index contributed by atoms with van der Waals surface area (Å²) in [5.74, 6) is 1.52. The summed E-state index contributed by atoms with van der Waals surface area (Å²) in [6, 6.07) is 12.6. The molecule has 0 bridgehead atoms. The van der Waals surface area contributed by atoms with Crippen LogP contribution in [0.3, 0.4) is 0 Å². The summed E-state index contributed by atoms with van der Waals surface area (Å²) in [4.78, 5) is 12.1. The van der Waals surface area contributed by atoms with Crippen LogP contribution in [0.15, 0.2) is 42.5 Å². The minimum Gasteiger partial charge on any atom is -0.431 e. The first-order chi connectivity index (χ1) is 17.0. The Morgan fingerprint density at radius 1 is 0.943 bits per heavy atom. The fraction of sp³-hybridized carbons (Fsp3) is 0.581. The topological polar surface area (TPSA) is 35.5 Å². The molecule has 0 radical (unpaired) electrons. The van der Waals surface area contributed by atoms with Crippen molar-refractivity contribution in [3.63, 3.8) is 0 Å². The molecule has 0 aliphatic heterocycles. The van der Waals surface area contributed by atoms with Crippen LogP contribution in [-0.4, -0.2) is 12.3 Å². The lowest BCUT2D eigenvalue weighted by atomic mass is 9.77. The van der Waals surface area contributed by atoms with Crippen LogP contribution < -0.4 is 4.74 Å². The van der Waals surface area contributed by atoms with Gasteiger partial charge in [-0.1, -0.05) is 76.6 Å². The summed E-state index contributed by atoms with van der Waals surface area (Å²) in [5, 5.41) is 0. The summed E-state index contributed by atoms with van der Waals surface area (Å²) >= 11 is 0. The lowest BCUT2D eigenvalue weighted by Crippen LogP contribution is -2.18. The molecule has 1 unspecified atom stereocenters. The molecule has 0 heterocycles. The maximum atomic E-state index is 15.0. The Bertz CT molecular complexity index is 900. The average molecular weight is 483 g/mol. The van der Waals surface area contributed by atoms with Gasteiger partial charge >= 0.3 is 6.16 Å². The fourth-order valence-electron chi connectivity index (χ4n) is 5.20. The monoisotopic (exact) mass is 482 g/mol. The molecule has 1 aliphatic rings. The Hall–Kier alpha value is -2.36. The number of carbonyl (C=O) groups is 1. The molecule has 3 rings (SSSR count). The molecule has 1 atom stereocenters. The fourth-order valence-corrected chi connectivity index (χ4v) is 5.20. The molecule has 0 spiro atoms. The highest BCUT2D eigenvalue weighted by Crippen LogP contribution is 2.39. The van der Waals surface area contributed by atoms with Crippen LogP contribution in [0.5, 0.6) is 5.75 Å². The van der Waals surface area contributed by atoms with E-state index in [1.165, 1.54) is 44.9 Å². The van der Waals surface area contributed by atoms with Crippen molar-refractivity contribution in [1.82, 2.24) is 0 Å². The van der Waals surface area contributed by atoms with Gasteiger partial charge in [-0.2, -0.15) is 0 Å². The zero-order valence-corrected chi connectivity index (χ0v) is 21.9. The van der Waals surface area contributed by atoms with Crippen LogP contribution in [0.4, 0.5) is 9.18 Å². The molecule has 4 heteroatoms. The Labute approximate surface area is 211 Å². The summed E-state index contributed by atoms with van der Waals surface area (Å²) < 4.78 is 25.7. The van der Waals surface area contributed by atoms with Gasteiger partial charge in [-0.15, -0.1) is 0 Å². The van der Waals surface area contributed by atoms with Crippen molar-refractivity contribution in [2.45, 2.75) is 110 Å². The van der Waals surface area contributed by atoms with Gasteiger partial charge in [0, 0.05) is 5.56 Å². The molecule has 35 heavy (non-hydrogen) atoms. The minimum absolute atomic E-state index is 0.169. The standard InChI is InChI=1S/C31H43FO3/c1-4-6-8-9-10-23(3)34-31(33)35-28-19-16-26(17-20-28)29-21-18-27(22-30(29)32)25-14-12-24(13-15-25)11-7-5-2/h16-25H,4-15H2,1-3H3. The van der Waals surface area contributed by atoms with E-state index in [4.69, 9.17) is 9.47 Å². The predicted octanol–water partition coefficient (Wildman–Crippen LogP) is 9.83. The second-order valence-corrected chi connectivity index (χ2v) is 10.3. The molecule has 1 saturated carbocycles. The highest BCUT2D eigenvalue weighted by molar-refractivity contribution is 5.67.